The molecule has 0 bridgehead atoms. The van der Waals surface area contributed by atoms with Crippen molar-refractivity contribution in [1.82, 2.24) is 10.7 Å². The molecule has 0 radical (unpaired) electrons. The van der Waals surface area contributed by atoms with Crippen molar-refractivity contribution in [3.63, 3.8) is 0 Å². The Labute approximate surface area is 114 Å². The first-order valence-electron chi connectivity index (χ1n) is 5.49. The topological polar surface area (TPSA) is 107 Å². The summed E-state index contributed by atoms with van der Waals surface area (Å²) in [6.45, 7) is 8.47. The summed E-state index contributed by atoms with van der Waals surface area (Å²) in [5.74, 6) is -1.96. The van der Waals surface area contributed by atoms with Gasteiger partial charge in [-0.05, 0) is 6.92 Å². The van der Waals surface area contributed by atoms with Crippen molar-refractivity contribution >= 4 is 18.0 Å². The number of nitrogens with zero attached hydrogens (tertiary/aromatic N) is 1. The molecule has 1 rings (SSSR count). The summed E-state index contributed by atoms with van der Waals surface area (Å²) in [7, 11) is 0. The number of epoxide rings is 1. The highest BCUT2D eigenvalue weighted by Gasteiger charge is 2.26. The molecule has 1 heterocycles. The molecular weight excluding hydrogens is 272 g/mol. The van der Waals surface area contributed by atoms with Crippen LogP contribution in [0.1, 0.15) is 6.92 Å². The Morgan fingerprint density at radius 1 is 1.45 bits per heavy atom. The van der Waals surface area contributed by atoms with E-state index in [-0.39, 0.29) is 23.5 Å². The summed E-state index contributed by atoms with van der Waals surface area (Å²) >= 11 is 0. The Morgan fingerprint density at radius 2 is 2.10 bits per heavy atom. The van der Waals surface area contributed by atoms with Crippen LogP contribution >= 0.6 is 0 Å². The van der Waals surface area contributed by atoms with Gasteiger partial charge in [0.15, 0.2) is 0 Å². The van der Waals surface area contributed by atoms with Crippen molar-refractivity contribution in [2.75, 3.05) is 13.2 Å². The summed E-state index contributed by atoms with van der Waals surface area (Å²) in [5, 5.41) is 0.0365. The lowest BCUT2D eigenvalue weighted by atomic mass is 10.4. The molecule has 0 spiro atoms. The minimum absolute atomic E-state index is 0.00440. The molecule has 1 aliphatic rings. The van der Waals surface area contributed by atoms with Crippen LogP contribution in [0.15, 0.2) is 24.8 Å². The molecule has 1 N–H and O–H groups in total. The van der Waals surface area contributed by atoms with Gasteiger partial charge in [-0.2, -0.15) is 0 Å². The van der Waals surface area contributed by atoms with E-state index in [0.717, 1.165) is 6.08 Å². The van der Waals surface area contributed by atoms with Gasteiger partial charge in [0.05, 0.1) is 6.61 Å². The average molecular weight is 286 g/mol. The first-order valence-corrected chi connectivity index (χ1v) is 5.49. The van der Waals surface area contributed by atoms with Gasteiger partial charge in [-0.3, -0.25) is 14.5 Å². The van der Waals surface area contributed by atoms with Crippen molar-refractivity contribution in [2.24, 2.45) is 0 Å². The first-order chi connectivity index (χ1) is 9.43. The van der Waals surface area contributed by atoms with Crippen LogP contribution in [0.4, 0.5) is 4.79 Å². The molecule has 0 aliphatic carbocycles. The number of carbonyl (C=O) groups excluding carboxylic acids is 3. The van der Waals surface area contributed by atoms with E-state index in [1.807, 2.05) is 5.48 Å². The number of nitrogens with one attached hydrogen (secondary N) is 1. The highest BCUT2D eigenvalue weighted by Crippen LogP contribution is 2.08. The number of rotatable bonds is 5. The van der Waals surface area contributed by atoms with Gasteiger partial charge in [-0.15, -0.1) is 0 Å². The molecule has 1 aliphatic heterocycles. The number of hydroxylamine groups is 3. The zero-order valence-electron chi connectivity index (χ0n) is 10.8. The summed E-state index contributed by atoms with van der Waals surface area (Å²) in [4.78, 5) is 47.6. The molecule has 0 aromatic heterocycles. The quantitative estimate of drug-likeness (QED) is 0.431. The van der Waals surface area contributed by atoms with Gasteiger partial charge in [0, 0.05) is 16.9 Å². The minimum Gasteiger partial charge on any atom is -0.371 e. The van der Waals surface area contributed by atoms with E-state index in [0.29, 0.717) is 6.61 Å². The molecule has 2 amide bonds. The summed E-state index contributed by atoms with van der Waals surface area (Å²) in [5.41, 5.74) is 1.92. The Morgan fingerprint density at radius 3 is 2.60 bits per heavy atom. The third-order valence-corrected chi connectivity index (χ3v) is 1.85. The molecule has 1 fully saturated rings. The van der Waals surface area contributed by atoms with Crippen molar-refractivity contribution in [3.05, 3.63) is 24.8 Å². The van der Waals surface area contributed by atoms with Gasteiger partial charge in [0.25, 0.3) is 0 Å². The Hall–Kier alpha value is -2.39. The summed E-state index contributed by atoms with van der Waals surface area (Å²) in [6, 6.07) is -1.12. The highest BCUT2D eigenvalue weighted by atomic mass is 17.0. The van der Waals surface area contributed by atoms with Crippen LogP contribution in [0.5, 0.6) is 0 Å². The molecule has 110 valence electrons. The van der Waals surface area contributed by atoms with E-state index in [1.165, 1.54) is 6.92 Å². The molecule has 9 nitrogen and oxygen atoms in total. The van der Waals surface area contributed by atoms with Crippen LogP contribution < -0.4 is 5.48 Å². The lowest BCUT2D eigenvalue weighted by Gasteiger charge is -2.18. The highest BCUT2D eigenvalue weighted by molar-refractivity contribution is 5.88. The Balaban J connectivity index is 2.51. The Bertz CT molecular complexity index is 430. The first kappa shape index (κ1) is 15.7. The molecule has 1 saturated heterocycles. The van der Waals surface area contributed by atoms with Gasteiger partial charge in [0.1, 0.15) is 12.7 Å². The molecule has 0 aromatic carbocycles. The molecule has 9 heteroatoms. The number of ether oxygens (including phenoxy) is 1. The van der Waals surface area contributed by atoms with Gasteiger partial charge < -0.3 is 4.74 Å². The smallest absolute Gasteiger partial charge is 0.371 e. The molecule has 20 heavy (non-hydrogen) atoms. The SMILES string of the molecule is C=CC(=O)ON(OC(=O)C(=C)C)C(=O)NOCC1CO1. The zero-order chi connectivity index (χ0) is 15.1. The van der Waals surface area contributed by atoms with E-state index in [1.54, 1.807) is 0 Å². The monoisotopic (exact) mass is 286 g/mol. The predicted molar refractivity (Wildman–Crippen MR) is 63.3 cm³/mol. The van der Waals surface area contributed by atoms with Gasteiger partial charge in [-0.1, -0.05) is 13.2 Å². The molecule has 0 saturated carbocycles. The standard InChI is InChI=1S/C11H14N2O7/c1-4-9(14)19-13(20-10(15)7(2)3)11(16)12-18-6-8-5-17-8/h4,8H,1-2,5-6H2,3H3,(H,12,16). The van der Waals surface area contributed by atoms with Crippen LogP contribution in [0, 0.1) is 0 Å². The number of amides is 2. The van der Waals surface area contributed by atoms with Gasteiger partial charge in [-0.25, -0.2) is 19.9 Å². The maximum Gasteiger partial charge on any atom is 0.412 e. The average Bonchev–Trinajstić information content (AvgIpc) is 3.21. The number of urea groups is 1. The molecule has 1 unspecified atom stereocenters. The fourth-order valence-corrected chi connectivity index (χ4v) is 0.772. The number of hydrogen-bond donors (Lipinski definition) is 1. The second-order valence-electron chi connectivity index (χ2n) is 3.70. The van der Waals surface area contributed by atoms with Crippen LogP contribution in [-0.4, -0.2) is 42.5 Å². The van der Waals surface area contributed by atoms with Crippen molar-refractivity contribution in [1.29, 1.82) is 0 Å². The van der Waals surface area contributed by atoms with Crippen molar-refractivity contribution in [2.45, 2.75) is 13.0 Å². The minimum atomic E-state index is -1.12. The molecule has 0 aromatic rings. The van der Waals surface area contributed by atoms with Crippen LogP contribution in [-0.2, 0) is 28.8 Å². The maximum absolute atomic E-state index is 11.6. The molecule has 1 atom stereocenters. The second-order valence-corrected chi connectivity index (χ2v) is 3.70. The largest absolute Gasteiger partial charge is 0.412 e. The van der Waals surface area contributed by atoms with Crippen molar-refractivity contribution < 1.29 is 33.6 Å². The van der Waals surface area contributed by atoms with E-state index >= 15 is 0 Å². The van der Waals surface area contributed by atoms with Gasteiger partial charge in [0.2, 0.25) is 0 Å². The van der Waals surface area contributed by atoms with Crippen molar-refractivity contribution in [3.8, 4) is 0 Å². The second kappa shape index (κ2) is 7.26. The lowest BCUT2D eigenvalue weighted by Crippen LogP contribution is -2.42. The lowest BCUT2D eigenvalue weighted by molar-refractivity contribution is -0.288. The Kier molecular flexibility index (Phi) is 5.69. The number of carbonyl (C=O) groups is 3. The predicted octanol–water partition coefficient (Wildman–Crippen LogP) is 0.00690. The van der Waals surface area contributed by atoms with E-state index in [9.17, 15) is 14.4 Å². The maximum atomic E-state index is 11.6. The van der Waals surface area contributed by atoms with E-state index in [4.69, 9.17) is 9.57 Å². The third-order valence-electron chi connectivity index (χ3n) is 1.85. The van der Waals surface area contributed by atoms with E-state index in [2.05, 4.69) is 22.8 Å². The zero-order valence-corrected chi connectivity index (χ0v) is 10.8. The summed E-state index contributed by atoms with van der Waals surface area (Å²) in [6.07, 6.45) is 0.700. The third kappa shape index (κ3) is 5.50. The van der Waals surface area contributed by atoms with Gasteiger partial charge >= 0.3 is 18.0 Å². The van der Waals surface area contributed by atoms with Crippen LogP contribution in [0.25, 0.3) is 0 Å². The normalized spacial score (nSPS) is 15.8. The fraction of sp³-hybridized carbons (Fsp3) is 0.364. The van der Waals surface area contributed by atoms with Crippen LogP contribution in [0.2, 0.25) is 0 Å². The number of hydrogen-bond acceptors (Lipinski definition) is 7. The fourth-order valence-electron chi connectivity index (χ4n) is 0.772. The summed E-state index contributed by atoms with van der Waals surface area (Å²) < 4.78 is 4.84. The van der Waals surface area contributed by atoms with Crippen LogP contribution in [0.3, 0.4) is 0 Å². The molecular formula is C11H14N2O7. The van der Waals surface area contributed by atoms with E-state index < -0.39 is 18.0 Å².